The van der Waals surface area contributed by atoms with Crippen LogP contribution in [-0.4, -0.2) is 22.9 Å². The Kier molecular flexibility index (Phi) is 4.70. The summed E-state index contributed by atoms with van der Waals surface area (Å²) in [5.41, 5.74) is 2.19. The molecule has 0 aliphatic heterocycles. The van der Waals surface area contributed by atoms with Gasteiger partial charge in [-0.25, -0.2) is 9.48 Å². The molecule has 4 nitrogen and oxygen atoms in total. The maximum absolute atomic E-state index is 11.8. The van der Waals surface area contributed by atoms with E-state index in [1.807, 2.05) is 12.1 Å². The molecular formula is C14H14ClIN2O2. The number of ether oxygens (including phenoxy) is 1. The number of carbonyl (C=O) groups excluding carboxylic acids is 1. The summed E-state index contributed by atoms with van der Waals surface area (Å²) in [5, 5.41) is 5.06. The maximum Gasteiger partial charge on any atom is 0.359 e. The van der Waals surface area contributed by atoms with Crippen LogP contribution in [0.2, 0.25) is 5.02 Å². The standard InChI is InChI=1S/C14H14ClIN2O2/c1-8(2)13-11(16)12(14(19)20-3)17-18(13)10-6-4-9(15)5-7-10/h4-8H,1-3H3. The monoisotopic (exact) mass is 404 g/mol. The van der Waals surface area contributed by atoms with E-state index in [2.05, 4.69) is 41.5 Å². The van der Waals surface area contributed by atoms with Crippen molar-refractivity contribution in [1.82, 2.24) is 9.78 Å². The lowest BCUT2D eigenvalue weighted by atomic mass is 10.1. The van der Waals surface area contributed by atoms with E-state index in [0.29, 0.717) is 10.7 Å². The Balaban J connectivity index is 2.62. The van der Waals surface area contributed by atoms with Crippen LogP contribution >= 0.6 is 34.2 Å². The number of benzene rings is 1. The molecule has 2 aromatic rings. The molecule has 1 heterocycles. The lowest BCUT2D eigenvalue weighted by Gasteiger charge is -2.10. The van der Waals surface area contributed by atoms with Gasteiger partial charge < -0.3 is 4.74 Å². The van der Waals surface area contributed by atoms with Crippen molar-refractivity contribution >= 4 is 40.2 Å². The fraction of sp³-hybridized carbons (Fsp3) is 0.286. The second-order valence-electron chi connectivity index (χ2n) is 4.58. The van der Waals surface area contributed by atoms with Crippen molar-refractivity contribution in [2.75, 3.05) is 7.11 Å². The molecule has 1 aromatic heterocycles. The van der Waals surface area contributed by atoms with E-state index in [-0.39, 0.29) is 5.92 Å². The van der Waals surface area contributed by atoms with Crippen LogP contribution in [0.3, 0.4) is 0 Å². The molecule has 20 heavy (non-hydrogen) atoms. The van der Waals surface area contributed by atoms with Crippen LogP contribution in [0, 0.1) is 3.57 Å². The molecule has 0 saturated heterocycles. The first-order valence-electron chi connectivity index (χ1n) is 6.08. The molecule has 0 unspecified atom stereocenters. The Morgan fingerprint density at radius 2 is 1.95 bits per heavy atom. The van der Waals surface area contributed by atoms with Crippen molar-refractivity contribution in [1.29, 1.82) is 0 Å². The van der Waals surface area contributed by atoms with E-state index in [9.17, 15) is 4.79 Å². The van der Waals surface area contributed by atoms with Gasteiger partial charge in [0.15, 0.2) is 5.69 Å². The molecule has 0 bridgehead atoms. The molecule has 0 fully saturated rings. The fourth-order valence-corrected chi connectivity index (χ4v) is 3.22. The summed E-state index contributed by atoms with van der Waals surface area (Å²) in [7, 11) is 1.36. The van der Waals surface area contributed by atoms with Crippen LogP contribution in [0.15, 0.2) is 24.3 Å². The normalized spacial score (nSPS) is 10.9. The molecule has 0 saturated carbocycles. The van der Waals surface area contributed by atoms with Gasteiger partial charge in [0.25, 0.3) is 0 Å². The zero-order chi connectivity index (χ0) is 14.9. The first-order valence-corrected chi connectivity index (χ1v) is 7.54. The Hall–Kier alpha value is -1.08. The van der Waals surface area contributed by atoms with Gasteiger partial charge in [-0.15, -0.1) is 0 Å². The smallest absolute Gasteiger partial charge is 0.359 e. The van der Waals surface area contributed by atoms with Gasteiger partial charge in [-0.3, -0.25) is 0 Å². The van der Waals surface area contributed by atoms with E-state index in [1.165, 1.54) is 7.11 Å². The molecule has 0 atom stereocenters. The molecule has 0 radical (unpaired) electrons. The van der Waals surface area contributed by atoms with Gasteiger partial charge in [-0.2, -0.15) is 5.10 Å². The minimum atomic E-state index is -0.427. The van der Waals surface area contributed by atoms with E-state index in [4.69, 9.17) is 16.3 Å². The molecule has 1 aromatic carbocycles. The molecule has 6 heteroatoms. The summed E-state index contributed by atoms with van der Waals surface area (Å²) in [6.45, 7) is 4.12. The van der Waals surface area contributed by atoms with E-state index in [0.717, 1.165) is 15.0 Å². The molecule has 2 rings (SSSR count). The predicted octanol–water partition coefficient (Wildman–Crippen LogP) is 4.04. The maximum atomic E-state index is 11.8. The van der Waals surface area contributed by atoms with E-state index >= 15 is 0 Å². The van der Waals surface area contributed by atoms with Gasteiger partial charge in [0.05, 0.1) is 22.1 Å². The average Bonchev–Trinajstić information content (AvgIpc) is 2.76. The number of rotatable bonds is 3. The summed E-state index contributed by atoms with van der Waals surface area (Å²) >= 11 is 8.04. The zero-order valence-electron chi connectivity index (χ0n) is 11.4. The Morgan fingerprint density at radius 1 is 1.35 bits per heavy atom. The zero-order valence-corrected chi connectivity index (χ0v) is 14.3. The van der Waals surface area contributed by atoms with Crippen LogP contribution in [-0.2, 0) is 4.74 Å². The SMILES string of the molecule is COC(=O)c1nn(-c2ccc(Cl)cc2)c(C(C)C)c1I. The average molecular weight is 405 g/mol. The minimum absolute atomic E-state index is 0.225. The van der Waals surface area contributed by atoms with Crippen LogP contribution < -0.4 is 0 Å². The summed E-state index contributed by atoms with van der Waals surface area (Å²) in [6, 6.07) is 7.34. The first-order chi connectivity index (χ1) is 9.45. The molecule has 0 aliphatic carbocycles. The largest absolute Gasteiger partial charge is 0.464 e. The van der Waals surface area contributed by atoms with Crippen LogP contribution in [0.4, 0.5) is 0 Å². The summed E-state index contributed by atoms with van der Waals surface area (Å²) < 4.78 is 7.37. The van der Waals surface area contributed by atoms with Crippen molar-refractivity contribution in [2.45, 2.75) is 19.8 Å². The Bertz CT molecular complexity index is 635. The third-order valence-electron chi connectivity index (χ3n) is 2.86. The number of halogens is 2. The molecule has 0 N–H and O–H groups in total. The third-order valence-corrected chi connectivity index (χ3v) is 4.17. The second-order valence-corrected chi connectivity index (χ2v) is 6.10. The Morgan fingerprint density at radius 3 is 2.45 bits per heavy atom. The first kappa shape index (κ1) is 15.3. The number of nitrogens with zero attached hydrogens (tertiary/aromatic N) is 2. The summed E-state index contributed by atoms with van der Waals surface area (Å²) in [4.78, 5) is 11.8. The van der Waals surface area contributed by atoms with Gasteiger partial charge in [0.2, 0.25) is 0 Å². The second kappa shape index (κ2) is 6.13. The van der Waals surface area contributed by atoms with Crippen LogP contribution in [0.5, 0.6) is 0 Å². The lowest BCUT2D eigenvalue weighted by Crippen LogP contribution is -2.05. The molecule has 0 amide bonds. The van der Waals surface area contributed by atoms with Crippen molar-refractivity contribution in [2.24, 2.45) is 0 Å². The molecule has 0 spiro atoms. The fourth-order valence-electron chi connectivity index (χ4n) is 1.92. The van der Waals surface area contributed by atoms with Crippen molar-refractivity contribution in [3.05, 3.63) is 44.2 Å². The van der Waals surface area contributed by atoms with E-state index < -0.39 is 5.97 Å². The highest BCUT2D eigenvalue weighted by atomic mass is 127. The number of aromatic nitrogens is 2. The minimum Gasteiger partial charge on any atom is -0.464 e. The van der Waals surface area contributed by atoms with Crippen molar-refractivity contribution in [3.8, 4) is 5.69 Å². The molecule has 106 valence electrons. The van der Waals surface area contributed by atoms with Crippen LogP contribution in [0.1, 0.15) is 35.9 Å². The highest BCUT2D eigenvalue weighted by molar-refractivity contribution is 14.1. The highest BCUT2D eigenvalue weighted by Gasteiger charge is 2.24. The van der Waals surface area contributed by atoms with Gasteiger partial charge in [-0.1, -0.05) is 25.4 Å². The Labute approximate surface area is 136 Å². The predicted molar refractivity (Wildman–Crippen MR) is 86.7 cm³/mol. The van der Waals surface area contributed by atoms with E-state index in [1.54, 1.807) is 16.8 Å². The highest BCUT2D eigenvalue weighted by Crippen LogP contribution is 2.28. The van der Waals surface area contributed by atoms with Crippen molar-refractivity contribution in [3.63, 3.8) is 0 Å². The topological polar surface area (TPSA) is 44.1 Å². The van der Waals surface area contributed by atoms with Gasteiger partial charge >= 0.3 is 5.97 Å². The third kappa shape index (κ3) is 2.83. The summed E-state index contributed by atoms with van der Waals surface area (Å²) in [5.74, 6) is -0.201. The number of hydrogen-bond acceptors (Lipinski definition) is 3. The summed E-state index contributed by atoms with van der Waals surface area (Å²) in [6.07, 6.45) is 0. The lowest BCUT2D eigenvalue weighted by molar-refractivity contribution is 0.0592. The quantitative estimate of drug-likeness (QED) is 0.573. The number of carbonyl (C=O) groups is 1. The molecule has 0 aliphatic rings. The van der Waals surface area contributed by atoms with Gasteiger partial charge in [0, 0.05) is 5.02 Å². The van der Waals surface area contributed by atoms with Gasteiger partial charge in [-0.05, 0) is 52.8 Å². The van der Waals surface area contributed by atoms with Gasteiger partial charge in [0.1, 0.15) is 0 Å². The molecular weight excluding hydrogens is 391 g/mol. The number of esters is 1. The number of hydrogen-bond donors (Lipinski definition) is 0. The van der Waals surface area contributed by atoms with Crippen molar-refractivity contribution < 1.29 is 9.53 Å². The van der Waals surface area contributed by atoms with Crippen LogP contribution in [0.25, 0.3) is 5.69 Å². The number of methoxy groups -OCH3 is 1.